The number of aromatic nitrogens is 1. The lowest BCUT2D eigenvalue weighted by Crippen LogP contribution is -2.30. The van der Waals surface area contributed by atoms with Crippen molar-refractivity contribution in [3.8, 4) is 0 Å². The molecule has 0 aliphatic carbocycles. The van der Waals surface area contributed by atoms with E-state index < -0.39 is 0 Å². The van der Waals surface area contributed by atoms with Crippen LogP contribution in [0.3, 0.4) is 0 Å². The summed E-state index contributed by atoms with van der Waals surface area (Å²) in [6.07, 6.45) is 4.62. The van der Waals surface area contributed by atoms with Crippen LogP contribution < -0.4 is 10.2 Å². The Morgan fingerprint density at radius 1 is 1.15 bits per heavy atom. The minimum atomic E-state index is -0.177. The summed E-state index contributed by atoms with van der Waals surface area (Å²) in [7, 11) is 3.40. The van der Waals surface area contributed by atoms with Crippen molar-refractivity contribution < 1.29 is 14.3 Å². The van der Waals surface area contributed by atoms with Gasteiger partial charge in [-0.05, 0) is 42.4 Å². The van der Waals surface area contributed by atoms with Gasteiger partial charge in [0.15, 0.2) is 5.11 Å². The van der Waals surface area contributed by atoms with Crippen LogP contribution in [0.5, 0.6) is 0 Å². The number of aryl methyl sites for hydroxylation is 1. The van der Waals surface area contributed by atoms with Gasteiger partial charge in [0.05, 0.1) is 17.8 Å². The summed E-state index contributed by atoms with van der Waals surface area (Å²) in [6, 6.07) is 15.5. The van der Waals surface area contributed by atoms with E-state index in [-0.39, 0.29) is 18.4 Å². The minimum absolute atomic E-state index is 0.0930. The molecule has 7 nitrogen and oxygen atoms in total. The molecule has 0 spiro atoms. The first-order valence-electron chi connectivity index (χ1n) is 11.2. The van der Waals surface area contributed by atoms with Crippen molar-refractivity contribution >= 4 is 51.8 Å². The summed E-state index contributed by atoms with van der Waals surface area (Å²) in [5.74, 6) is -0.270. The number of fused-ring (bicyclic) bond motifs is 1. The van der Waals surface area contributed by atoms with Crippen molar-refractivity contribution in [2.75, 3.05) is 32.2 Å². The van der Waals surface area contributed by atoms with Crippen LogP contribution in [0.25, 0.3) is 17.0 Å². The number of hydrogen-bond acceptors (Lipinski definition) is 4. The maximum Gasteiger partial charge on any atom is 0.281 e. The van der Waals surface area contributed by atoms with Crippen molar-refractivity contribution in [3.05, 3.63) is 71.6 Å². The third kappa shape index (κ3) is 4.47. The molecule has 1 N–H and O–H groups in total. The number of hydrogen-bond donors (Lipinski definition) is 1. The van der Waals surface area contributed by atoms with Gasteiger partial charge in [0.1, 0.15) is 12.2 Å². The van der Waals surface area contributed by atoms with Crippen LogP contribution in [-0.4, -0.2) is 53.7 Å². The summed E-state index contributed by atoms with van der Waals surface area (Å²) in [4.78, 5) is 29.2. The number of ether oxygens (including phenoxy) is 1. The lowest BCUT2D eigenvalue weighted by Gasteiger charge is -2.16. The first-order valence-corrected chi connectivity index (χ1v) is 11.6. The Morgan fingerprint density at radius 2 is 1.91 bits per heavy atom. The predicted octanol–water partition coefficient (Wildman–Crippen LogP) is 3.57. The van der Waals surface area contributed by atoms with Crippen molar-refractivity contribution in [1.82, 2.24) is 14.8 Å². The molecule has 8 heteroatoms. The van der Waals surface area contributed by atoms with Crippen LogP contribution in [-0.2, 0) is 27.3 Å². The van der Waals surface area contributed by atoms with Crippen LogP contribution in [0.2, 0.25) is 0 Å². The number of amides is 2. The molecule has 1 aliphatic heterocycles. The number of rotatable bonds is 8. The van der Waals surface area contributed by atoms with E-state index in [4.69, 9.17) is 17.0 Å². The second kappa shape index (κ2) is 10.2. The van der Waals surface area contributed by atoms with E-state index in [1.54, 1.807) is 24.0 Å². The van der Waals surface area contributed by atoms with Gasteiger partial charge in [0, 0.05) is 37.8 Å². The summed E-state index contributed by atoms with van der Waals surface area (Å²) in [5.41, 5.74) is 4.21. The highest BCUT2D eigenvalue weighted by Crippen LogP contribution is 2.31. The zero-order valence-electron chi connectivity index (χ0n) is 19.6. The summed E-state index contributed by atoms with van der Waals surface area (Å²) in [6.45, 7) is 3.19. The summed E-state index contributed by atoms with van der Waals surface area (Å²) in [5, 5.41) is 4.29. The number of carbonyl (C=O) groups excluding carboxylic acids is 2. The Hall–Kier alpha value is -3.49. The zero-order chi connectivity index (χ0) is 24.2. The highest BCUT2D eigenvalue weighted by Gasteiger charge is 2.36. The number of methoxy groups -OCH3 is 1. The topological polar surface area (TPSA) is 66.8 Å². The summed E-state index contributed by atoms with van der Waals surface area (Å²) >= 11 is 5.59. The van der Waals surface area contributed by atoms with E-state index in [1.165, 1.54) is 0 Å². The number of nitrogens with zero attached hydrogens (tertiary/aromatic N) is 3. The van der Waals surface area contributed by atoms with E-state index in [2.05, 4.69) is 18.3 Å². The first-order chi connectivity index (χ1) is 16.5. The molecule has 176 valence electrons. The average Bonchev–Trinajstić information content (AvgIpc) is 3.29. The van der Waals surface area contributed by atoms with Crippen molar-refractivity contribution in [2.45, 2.75) is 19.9 Å². The number of likely N-dealkylation sites (N-methyl/N-ethyl adjacent to an activating group) is 1. The molecule has 0 bridgehead atoms. The van der Waals surface area contributed by atoms with Crippen molar-refractivity contribution in [3.63, 3.8) is 0 Å². The SMILES string of the molecule is CCc1cccc2c(/C=C3/C(=O)N(c4ccccc4)C(=S)N3C)cn(CC(=O)NCCOC)c12. The van der Waals surface area contributed by atoms with Gasteiger partial charge in [-0.1, -0.05) is 43.3 Å². The van der Waals surface area contributed by atoms with Gasteiger partial charge in [-0.15, -0.1) is 0 Å². The predicted molar refractivity (Wildman–Crippen MR) is 138 cm³/mol. The molecule has 0 radical (unpaired) electrons. The number of carbonyl (C=O) groups is 2. The largest absolute Gasteiger partial charge is 0.383 e. The van der Waals surface area contributed by atoms with Crippen LogP contribution in [0.15, 0.2) is 60.4 Å². The van der Waals surface area contributed by atoms with E-state index in [1.807, 2.05) is 59.3 Å². The fourth-order valence-electron chi connectivity index (χ4n) is 4.20. The van der Waals surface area contributed by atoms with Gasteiger partial charge in [0.25, 0.3) is 5.91 Å². The second-order valence-electron chi connectivity index (χ2n) is 8.07. The number of benzene rings is 2. The normalized spacial score (nSPS) is 15.1. The molecular formula is C26H28N4O3S. The molecule has 0 unspecified atom stereocenters. The quantitative estimate of drug-likeness (QED) is 0.306. The number of para-hydroxylation sites is 2. The lowest BCUT2D eigenvalue weighted by atomic mass is 10.1. The third-order valence-corrected chi connectivity index (χ3v) is 6.36. The molecule has 2 amide bonds. The average molecular weight is 477 g/mol. The molecule has 3 aromatic rings. The molecule has 0 saturated carbocycles. The van der Waals surface area contributed by atoms with E-state index in [0.29, 0.717) is 24.0 Å². The number of anilines is 1. The van der Waals surface area contributed by atoms with Crippen LogP contribution >= 0.6 is 12.2 Å². The number of nitrogens with one attached hydrogen (secondary N) is 1. The highest BCUT2D eigenvalue weighted by atomic mass is 32.1. The Balaban J connectivity index is 1.74. The molecule has 1 saturated heterocycles. The number of thiocarbonyl (C=S) groups is 1. The molecular weight excluding hydrogens is 448 g/mol. The Morgan fingerprint density at radius 3 is 2.62 bits per heavy atom. The monoisotopic (exact) mass is 476 g/mol. The lowest BCUT2D eigenvalue weighted by molar-refractivity contribution is -0.121. The van der Waals surface area contributed by atoms with Crippen LogP contribution in [0.4, 0.5) is 5.69 Å². The molecule has 1 aliphatic rings. The van der Waals surface area contributed by atoms with E-state index in [9.17, 15) is 9.59 Å². The summed E-state index contributed by atoms with van der Waals surface area (Å²) < 4.78 is 6.97. The Labute approximate surface area is 204 Å². The maximum absolute atomic E-state index is 13.4. The highest BCUT2D eigenvalue weighted by molar-refractivity contribution is 7.80. The van der Waals surface area contributed by atoms with Crippen molar-refractivity contribution in [2.24, 2.45) is 0 Å². The van der Waals surface area contributed by atoms with Gasteiger partial charge in [0.2, 0.25) is 5.91 Å². The van der Waals surface area contributed by atoms with Gasteiger partial charge in [-0.2, -0.15) is 0 Å². The molecule has 2 heterocycles. The van der Waals surface area contributed by atoms with E-state index >= 15 is 0 Å². The molecule has 0 atom stereocenters. The van der Waals surface area contributed by atoms with Crippen LogP contribution in [0.1, 0.15) is 18.1 Å². The van der Waals surface area contributed by atoms with Crippen LogP contribution in [0, 0.1) is 0 Å². The third-order valence-electron chi connectivity index (χ3n) is 5.90. The Kier molecular flexibility index (Phi) is 7.09. The molecule has 4 rings (SSSR count). The van der Waals surface area contributed by atoms with Crippen molar-refractivity contribution in [1.29, 1.82) is 0 Å². The smallest absolute Gasteiger partial charge is 0.281 e. The maximum atomic E-state index is 13.4. The molecule has 1 aromatic heterocycles. The van der Waals surface area contributed by atoms with Gasteiger partial charge in [-0.25, -0.2) is 0 Å². The molecule has 2 aromatic carbocycles. The van der Waals surface area contributed by atoms with Gasteiger partial charge < -0.3 is 19.5 Å². The fraction of sp³-hybridized carbons (Fsp3) is 0.269. The van der Waals surface area contributed by atoms with Gasteiger partial charge >= 0.3 is 0 Å². The zero-order valence-corrected chi connectivity index (χ0v) is 20.4. The fourth-order valence-corrected chi connectivity index (χ4v) is 4.49. The first kappa shape index (κ1) is 23.7. The van der Waals surface area contributed by atoms with Gasteiger partial charge in [-0.3, -0.25) is 14.5 Å². The molecule has 34 heavy (non-hydrogen) atoms. The molecule has 1 fully saturated rings. The minimum Gasteiger partial charge on any atom is -0.383 e. The standard InChI is InChI=1S/C26H28N4O3S/c1-4-18-9-8-12-21-19(16-29(24(18)21)17-23(31)27-13-14-33-3)15-22-25(32)30(26(34)28(22)2)20-10-6-5-7-11-20/h5-12,15-16H,4,13-14,17H2,1-3H3,(H,27,31)/b22-15-. The van der Waals surface area contributed by atoms with E-state index in [0.717, 1.165) is 34.1 Å². The Bertz CT molecular complexity index is 1270. The second-order valence-corrected chi connectivity index (χ2v) is 8.43.